The molecule has 1 unspecified atom stereocenters. The number of benzene rings is 2. The average molecular weight is 419 g/mol. The van der Waals surface area contributed by atoms with E-state index in [1.165, 1.54) is 42.3 Å². The Morgan fingerprint density at radius 1 is 1.13 bits per heavy atom. The van der Waals surface area contributed by atoms with Gasteiger partial charge in [0, 0.05) is 35.7 Å². The highest BCUT2D eigenvalue weighted by Gasteiger charge is 2.21. The molecule has 1 aliphatic rings. The first-order valence-corrected chi connectivity index (χ1v) is 11.5. The summed E-state index contributed by atoms with van der Waals surface area (Å²) in [5.41, 5.74) is 10.4. The summed E-state index contributed by atoms with van der Waals surface area (Å²) in [5.74, 6) is -0.304. The summed E-state index contributed by atoms with van der Waals surface area (Å²) in [4.78, 5) is 14.2. The second-order valence-corrected chi connectivity index (χ2v) is 8.74. The smallest absolute Gasteiger partial charge is 0.237 e. The quantitative estimate of drug-likeness (QED) is 0.558. The van der Waals surface area contributed by atoms with Crippen LogP contribution in [0, 0.1) is 6.92 Å². The SMILES string of the molecule is Cc1c(CNC2CCCN(CCCc3ccccc3)C2)c2ccccc2n1CC(N)=O. The third kappa shape index (κ3) is 5.35. The summed E-state index contributed by atoms with van der Waals surface area (Å²) in [6.07, 6.45) is 4.81. The lowest BCUT2D eigenvalue weighted by atomic mass is 10.0. The number of aryl methyl sites for hydroxylation is 1. The van der Waals surface area contributed by atoms with Gasteiger partial charge in [0.2, 0.25) is 5.91 Å². The molecular weight excluding hydrogens is 384 g/mol. The molecule has 1 aliphatic heterocycles. The molecule has 1 atom stereocenters. The van der Waals surface area contributed by atoms with Crippen molar-refractivity contribution in [1.82, 2.24) is 14.8 Å². The molecule has 1 saturated heterocycles. The second-order valence-electron chi connectivity index (χ2n) is 8.74. The molecule has 0 bridgehead atoms. The molecule has 4 rings (SSSR count). The Balaban J connectivity index is 1.35. The van der Waals surface area contributed by atoms with E-state index in [0.717, 1.165) is 37.3 Å². The lowest BCUT2D eigenvalue weighted by Crippen LogP contribution is -2.45. The molecule has 5 nitrogen and oxygen atoms in total. The number of amides is 1. The van der Waals surface area contributed by atoms with Crippen LogP contribution < -0.4 is 11.1 Å². The molecule has 0 saturated carbocycles. The van der Waals surface area contributed by atoms with Gasteiger partial charge in [-0.1, -0.05) is 48.5 Å². The molecular formula is C26H34N4O. The normalized spacial score (nSPS) is 17.3. The number of nitrogens with one attached hydrogen (secondary N) is 1. The Hall–Kier alpha value is -2.63. The van der Waals surface area contributed by atoms with Gasteiger partial charge in [-0.05, 0) is 62.9 Å². The van der Waals surface area contributed by atoms with Crippen LogP contribution in [0.2, 0.25) is 0 Å². The lowest BCUT2D eigenvalue weighted by Gasteiger charge is -2.33. The highest BCUT2D eigenvalue weighted by Crippen LogP contribution is 2.26. The number of aromatic nitrogens is 1. The van der Waals surface area contributed by atoms with E-state index in [2.05, 4.69) is 65.7 Å². The minimum absolute atomic E-state index is 0.227. The first kappa shape index (κ1) is 21.6. The molecule has 2 aromatic carbocycles. The summed E-state index contributed by atoms with van der Waals surface area (Å²) in [7, 11) is 0. The number of piperidine rings is 1. The lowest BCUT2D eigenvalue weighted by molar-refractivity contribution is -0.118. The molecule has 0 spiro atoms. The van der Waals surface area contributed by atoms with Gasteiger partial charge in [-0.3, -0.25) is 4.79 Å². The van der Waals surface area contributed by atoms with E-state index in [1.54, 1.807) is 0 Å². The third-order valence-corrected chi connectivity index (χ3v) is 6.53. The predicted molar refractivity (Wildman–Crippen MR) is 127 cm³/mol. The van der Waals surface area contributed by atoms with Gasteiger partial charge < -0.3 is 20.5 Å². The van der Waals surface area contributed by atoms with Crippen LogP contribution in [0.25, 0.3) is 10.9 Å². The van der Waals surface area contributed by atoms with E-state index < -0.39 is 0 Å². The molecule has 0 aliphatic carbocycles. The van der Waals surface area contributed by atoms with Gasteiger partial charge in [-0.25, -0.2) is 0 Å². The summed E-state index contributed by atoms with van der Waals surface area (Å²) in [6.45, 7) is 6.60. The number of hydrogen-bond donors (Lipinski definition) is 2. The van der Waals surface area contributed by atoms with Crippen LogP contribution in [0.3, 0.4) is 0 Å². The highest BCUT2D eigenvalue weighted by atomic mass is 16.1. The van der Waals surface area contributed by atoms with Gasteiger partial charge in [-0.15, -0.1) is 0 Å². The minimum atomic E-state index is -0.304. The Bertz CT molecular complexity index is 1010. The number of carbonyl (C=O) groups is 1. The van der Waals surface area contributed by atoms with Gasteiger partial charge in [0.1, 0.15) is 6.54 Å². The number of primary amides is 1. The van der Waals surface area contributed by atoms with Crippen molar-refractivity contribution in [2.45, 2.75) is 51.7 Å². The van der Waals surface area contributed by atoms with Crippen LogP contribution in [0.1, 0.15) is 36.1 Å². The number of para-hydroxylation sites is 1. The molecule has 0 radical (unpaired) electrons. The number of nitrogens with two attached hydrogens (primary N) is 1. The fourth-order valence-corrected chi connectivity index (χ4v) is 4.91. The molecule has 2 heterocycles. The van der Waals surface area contributed by atoms with Gasteiger partial charge in [0.25, 0.3) is 0 Å². The number of carbonyl (C=O) groups excluding carboxylic acids is 1. The topological polar surface area (TPSA) is 63.3 Å². The zero-order valence-corrected chi connectivity index (χ0v) is 18.5. The van der Waals surface area contributed by atoms with Crippen LogP contribution in [0.5, 0.6) is 0 Å². The van der Waals surface area contributed by atoms with E-state index in [9.17, 15) is 4.79 Å². The molecule has 1 fully saturated rings. The summed E-state index contributed by atoms with van der Waals surface area (Å²) >= 11 is 0. The van der Waals surface area contributed by atoms with E-state index in [0.29, 0.717) is 6.04 Å². The van der Waals surface area contributed by atoms with Crippen LogP contribution in [0.15, 0.2) is 54.6 Å². The fraction of sp³-hybridized carbons (Fsp3) is 0.423. The van der Waals surface area contributed by atoms with Crippen LogP contribution >= 0.6 is 0 Å². The Kier molecular flexibility index (Phi) is 7.05. The Morgan fingerprint density at radius 3 is 2.71 bits per heavy atom. The van der Waals surface area contributed by atoms with E-state index in [-0.39, 0.29) is 12.5 Å². The summed E-state index contributed by atoms with van der Waals surface area (Å²) in [6, 6.07) is 19.6. The van der Waals surface area contributed by atoms with E-state index in [1.807, 2.05) is 10.6 Å². The largest absolute Gasteiger partial charge is 0.368 e. The van der Waals surface area contributed by atoms with Gasteiger partial charge >= 0.3 is 0 Å². The van der Waals surface area contributed by atoms with Gasteiger partial charge in [0.15, 0.2) is 0 Å². The first-order valence-electron chi connectivity index (χ1n) is 11.5. The zero-order chi connectivity index (χ0) is 21.6. The predicted octanol–water partition coefficient (Wildman–Crippen LogP) is 3.62. The Morgan fingerprint density at radius 2 is 1.90 bits per heavy atom. The van der Waals surface area contributed by atoms with Crippen LogP contribution in [-0.2, 0) is 24.3 Å². The summed E-state index contributed by atoms with van der Waals surface area (Å²) in [5, 5.41) is 5.02. The number of rotatable bonds is 9. The third-order valence-electron chi connectivity index (χ3n) is 6.53. The van der Waals surface area contributed by atoms with Gasteiger partial charge in [0.05, 0.1) is 0 Å². The summed E-state index contributed by atoms with van der Waals surface area (Å²) < 4.78 is 2.05. The fourth-order valence-electron chi connectivity index (χ4n) is 4.91. The highest BCUT2D eigenvalue weighted by molar-refractivity contribution is 5.87. The number of nitrogens with zero attached hydrogens (tertiary/aromatic N) is 2. The van der Waals surface area contributed by atoms with Crippen molar-refractivity contribution < 1.29 is 4.79 Å². The van der Waals surface area contributed by atoms with Crippen LogP contribution in [-0.4, -0.2) is 41.1 Å². The van der Waals surface area contributed by atoms with E-state index in [4.69, 9.17) is 5.73 Å². The van der Waals surface area contributed by atoms with E-state index >= 15 is 0 Å². The molecule has 164 valence electrons. The maximum Gasteiger partial charge on any atom is 0.237 e. The van der Waals surface area contributed by atoms with Crippen LogP contribution in [0.4, 0.5) is 0 Å². The molecule has 5 heteroatoms. The van der Waals surface area contributed by atoms with Crippen molar-refractivity contribution in [3.63, 3.8) is 0 Å². The van der Waals surface area contributed by atoms with Crippen molar-refractivity contribution in [2.75, 3.05) is 19.6 Å². The standard InChI is InChI=1S/C26H34N4O/c1-20-24(23-13-5-6-14-25(23)30(20)19-26(27)31)17-28-22-12-8-16-29(18-22)15-7-11-21-9-3-2-4-10-21/h2-6,9-10,13-14,22,28H,7-8,11-12,15-19H2,1H3,(H2,27,31). The second kappa shape index (κ2) is 10.1. The Labute approximate surface area is 185 Å². The van der Waals surface area contributed by atoms with Gasteiger partial charge in [-0.2, -0.15) is 0 Å². The maximum absolute atomic E-state index is 11.6. The van der Waals surface area contributed by atoms with Crippen molar-refractivity contribution in [3.8, 4) is 0 Å². The maximum atomic E-state index is 11.6. The molecule has 1 amide bonds. The number of likely N-dealkylation sites (tertiary alicyclic amines) is 1. The van der Waals surface area contributed by atoms with Crippen molar-refractivity contribution in [3.05, 3.63) is 71.4 Å². The molecule has 1 aromatic heterocycles. The van der Waals surface area contributed by atoms with Crippen molar-refractivity contribution >= 4 is 16.8 Å². The number of hydrogen-bond acceptors (Lipinski definition) is 3. The van der Waals surface area contributed by atoms with Crippen molar-refractivity contribution in [2.24, 2.45) is 5.73 Å². The van der Waals surface area contributed by atoms with Crippen molar-refractivity contribution in [1.29, 1.82) is 0 Å². The monoisotopic (exact) mass is 418 g/mol. The minimum Gasteiger partial charge on any atom is -0.368 e. The first-order chi connectivity index (χ1) is 15.1. The zero-order valence-electron chi connectivity index (χ0n) is 18.5. The number of fused-ring (bicyclic) bond motifs is 1. The molecule has 3 N–H and O–H groups in total. The average Bonchev–Trinajstić information content (AvgIpc) is 3.04. The molecule has 31 heavy (non-hydrogen) atoms. The molecule has 3 aromatic rings.